The second-order valence-electron chi connectivity index (χ2n) is 6.52. The van der Waals surface area contributed by atoms with E-state index in [9.17, 15) is 8.42 Å². The van der Waals surface area contributed by atoms with Crippen LogP contribution < -0.4 is 0 Å². The molecule has 2 rings (SSSR count). The molecule has 120 valence electrons. The molecule has 1 fully saturated rings. The van der Waals surface area contributed by atoms with Crippen LogP contribution in [0.15, 0.2) is 24.3 Å². The lowest BCUT2D eigenvalue weighted by Gasteiger charge is -2.33. The van der Waals surface area contributed by atoms with E-state index < -0.39 is 14.9 Å². The average Bonchev–Trinajstić information content (AvgIpc) is 2.48. The highest BCUT2D eigenvalue weighted by atomic mass is 32.2. The quantitative estimate of drug-likeness (QED) is 0.792. The third-order valence-electron chi connectivity index (χ3n) is 5.06. The fourth-order valence-corrected chi connectivity index (χ4v) is 4.43. The standard InChI is InChI=1S/C16H26O4S/c1-13-5-3-4-10-16(13,2)21(18,19)20-12-15-8-6-14(11-17)7-9-15/h3-5,10,13-15,17H,6-9,11-12H2,1-2H3. The van der Waals surface area contributed by atoms with Crippen molar-refractivity contribution in [2.45, 2.75) is 44.3 Å². The van der Waals surface area contributed by atoms with Gasteiger partial charge in [0.1, 0.15) is 4.75 Å². The van der Waals surface area contributed by atoms with Crippen molar-refractivity contribution >= 4 is 10.1 Å². The topological polar surface area (TPSA) is 63.6 Å². The largest absolute Gasteiger partial charge is 0.396 e. The van der Waals surface area contributed by atoms with E-state index in [1.807, 2.05) is 19.1 Å². The SMILES string of the molecule is CC1C=CC=CC1(C)S(=O)(=O)OCC1CCC(CO)CC1. The lowest BCUT2D eigenvalue weighted by molar-refractivity contribution is 0.139. The molecule has 0 aromatic heterocycles. The van der Waals surface area contributed by atoms with Crippen LogP contribution in [0.25, 0.3) is 0 Å². The van der Waals surface area contributed by atoms with Gasteiger partial charge in [-0.25, -0.2) is 0 Å². The predicted molar refractivity (Wildman–Crippen MR) is 83.3 cm³/mol. The minimum atomic E-state index is -3.64. The summed E-state index contributed by atoms with van der Waals surface area (Å²) in [4.78, 5) is 0. The molecule has 2 aliphatic carbocycles. The van der Waals surface area contributed by atoms with Crippen LogP contribution in [0, 0.1) is 17.8 Å². The molecular weight excluding hydrogens is 288 g/mol. The van der Waals surface area contributed by atoms with Gasteiger partial charge in [-0.05, 0) is 50.4 Å². The van der Waals surface area contributed by atoms with Crippen LogP contribution in [-0.4, -0.2) is 31.5 Å². The average molecular weight is 314 g/mol. The van der Waals surface area contributed by atoms with Gasteiger partial charge in [-0.1, -0.05) is 31.2 Å². The normalized spacial score (nSPS) is 36.8. The lowest BCUT2D eigenvalue weighted by atomic mass is 9.83. The molecule has 0 heterocycles. The van der Waals surface area contributed by atoms with E-state index in [1.165, 1.54) is 0 Å². The maximum Gasteiger partial charge on any atom is 0.277 e. The highest BCUT2D eigenvalue weighted by Crippen LogP contribution is 2.35. The molecule has 0 aliphatic heterocycles. The Hall–Kier alpha value is -0.650. The van der Waals surface area contributed by atoms with E-state index in [0.29, 0.717) is 5.92 Å². The summed E-state index contributed by atoms with van der Waals surface area (Å²) in [6.07, 6.45) is 11.0. The minimum Gasteiger partial charge on any atom is -0.396 e. The van der Waals surface area contributed by atoms with Crippen molar-refractivity contribution < 1.29 is 17.7 Å². The highest BCUT2D eigenvalue weighted by Gasteiger charge is 2.43. The Balaban J connectivity index is 1.93. The number of aliphatic hydroxyl groups is 1. The van der Waals surface area contributed by atoms with Gasteiger partial charge in [-0.3, -0.25) is 4.18 Å². The van der Waals surface area contributed by atoms with Crippen molar-refractivity contribution in [2.24, 2.45) is 17.8 Å². The zero-order chi connectivity index (χ0) is 15.5. The minimum absolute atomic E-state index is 0.0994. The van der Waals surface area contributed by atoms with Crippen LogP contribution >= 0.6 is 0 Å². The summed E-state index contributed by atoms with van der Waals surface area (Å²) in [6, 6.07) is 0. The molecule has 2 unspecified atom stereocenters. The first-order valence-electron chi connectivity index (χ1n) is 7.75. The van der Waals surface area contributed by atoms with E-state index in [2.05, 4.69) is 0 Å². The molecule has 0 aromatic rings. The Kier molecular flexibility index (Phi) is 5.28. The Bertz CT molecular complexity index is 500. The maximum absolute atomic E-state index is 12.5. The van der Waals surface area contributed by atoms with Gasteiger partial charge in [-0.15, -0.1) is 0 Å². The first kappa shape index (κ1) is 16.7. The predicted octanol–water partition coefficient (Wildman–Crippen LogP) is 2.65. The zero-order valence-electron chi connectivity index (χ0n) is 12.9. The molecular formula is C16H26O4S. The first-order chi connectivity index (χ1) is 9.89. The second-order valence-corrected chi connectivity index (χ2v) is 8.55. The van der Waals surface area contributed by atoms with Crippen LogP contribution in [0.4, 0.5) is 0 Å². The number of rotatable bonds is 5. The number of allylic oxidation sites excluding steroid dienone is 3. The third kappa shape index (κ3) is 3.58. The lowest BCUT2D eigenvalue weighted by Crippen LogP contribution is -2.42. The summed E-state index contributed by atoms with van der Waals surface area (Å²) in [7, 11) is -3.64. The van der Waals surface area contributed by atoms with Crippen LogP contribution in [-0.2, 0) is 14.3 Å². The van der Waals surface area contributed by atoms with Gasteiger partial charge < -0.3 is 5.11 Å². The molecule has 0 bridgehead atoms. The van der Waals surface area contributed by atoms with Crippen LogP contribution in [0.2, 0.25) is 0 Å². The van der Waals surface area contributed by atoms with E-state index in [4.69, 9.17) is 9.29 Å². The number of aliphatic hydroxyl groups excluding tert-OH is 1. The van der Waals surface area contributed by atoms with Crippen LogP contribution in [0.5, 0.6) is 0 Å². The summed E-state index contributed by atoms with van der Waals surface area (Å²) < 4.78 is 29.5. The Morgan fingerprint density at radius 1 is 1.19 bits per heavy atom. The molecule has 2 aliphatic rings. The van der Waals surface area contributed by atoms with E-state index in [-0.39, 0.29) is 25.0 Å². The van der Waals surface area contributed by atoms with Gasteiger partial charge in [0, 0.05) is 6.61 Å². The maximum atomic E-state index is 12.5. The molecule has 1 N–H and O–H groups in total. The van der Waals surface area contributed by atoms with Crippen molar-refractivity contribution in [3.8, 4) is 0 Å². The van der Waals surface area contributed by atoms with Crippen molar-refractivity contribution in [3.05, 3.63) is 24.3 Å². The zero-order valence-corrected chi connectivity index (χ0v) is 13.7. The van der Waals surface area contributed by atoms with Crippen LogP contribution in [0.1, 0.15) is 39.5 Å². The first-order valence-corrected chi connectivity index (χ1v) is 9.15. The van der Waals surface area contributed by atoms with Crippen molar-refractivity contribution in [1.29, 1.82) is 0 Å². The van der Waals surface area contributed by atoms with E-state index >= 15 is 0 Å². The van der Waals surface area contributed by atoms with Crippen molar-refractivity contribution in [3.63, 3.8) is 0 Å². The molecule has 4 nitrogen and oxygen atoms in total. The van der Waals surface area contributed by atoms with Gasteiger partial charge in [0.2, 0.25) is 0 Å². The van der Waals surface area contributed by atoms with Gasteiger partial charge in [0.25, 0.3) is 10.1 Å². The Morgan fingerprint density at radius 2 is 1.81 bits per heavy atom. The van der Waals surface area contributed by atoms with Crippen molar-refractivity contribution in [2.75, 3.05) is 13.2 Å². The van der Waals surface area contributed by atoms with Gasteiger partial charge in [-0.2, -0.15) is 8.42 Å². The molecule has 0 saturated heterocycles. The molecule has 0 amide bonds. The molecule has 2 atom stereocenters. The number of hydrogen-bond donors (Lipinski definition) is 1. The summed E-state index contributed by atoms with van der Waals surface area (Å²) in [5.41, 5.74) is 0. The molecule has 0 spiro atoms. The Morgan fingerprint density at radius 3 is 2.38 bits per heavy atom. The third-order valence-corrected chi connectivity index (χ3v) is 7.10. The number of hydrogen-bond acceptors (Lipinski definition) is 4. The fourth-order valence-electron chi connectivity index (χ4n) is 3.02. The smallest absolute Gasteiger partial charge is 0.277 e. The second kappa shape index (κ2) is 6.63. The van der Waals surface area contributed by atoms with Gasteiger partial charge >= 0.3 is 0 Å². The summed E-state index contributed by atoms with van der Waals surface area (Å²) in [6.45, 7) is 4.11. The molecule has 1 saturated carbocycles. The van der Waals surface area contributed by atoms with Gasteiger partial charge in [0.05, 0.1) is 6.61 Å². The van der Waals surface area contributed by atoms with E-state index in [1.54, 1.807) is 19.1 Å². The molecule has 5 heteroatoms. The Labute approximate surface area is 128 Å². The molecule has 0 radical (unpaired) electrons. The molecule has 21 heavy (non-hydrogen) atoms. The highest BCUT2D eigenvalue weighted by molar-refractivity contribution is 7.88. The summed E-state index contributed by atoms with van der Waals surface area (Å²) in [5.74, 6) is 0.559. The summed E-state index contributed by atoms with van der Waals surface area (Å²) in [5, 5.41) is 9.13. The van der Waals surface area contributed by atoms with Crippen LogP contribution in [0.3, 0.4) is 0 Å². The monoisotopic (exact) mass is 314 g/mol. The van der Waals surface area contributed by atoms with Gasteiger partial charge in [0.15, 0.2) is 0 Å². The van der Waals surface area contributed by atoms with Crippen molar-refractivity contribution in [1.82, 2.24) is 0 Å². The van der Waals surface area contributed by atoms with E-state index in [0.717, 1.165) is 25.7 Å². The molecule has 0 aromatic carbocycles. The summed E-state index contributed by atoms with van der Waals surface area (Å²) >= 11 is 0. The fraction of sp³-hybridized carbons (Fsp3) is 0.750.